The average molecular weight is 362 g/mol. The molecule has 136 valence electrons. The van der Waals surface area contributed by atoms with Crippen molar-refractivity contribution in [2.24, 2.45) is 0 Å². The fourth-order valence-electron chi connectivity index (χ4n) is 2.65. The van der Waals surface area contributed by atoms with Crippen LogP contribution in [0.2, 0.25) is 0 Å². The lowest BCUT2D eigenvalue weighted by molar-refractivity contribution is 0.340. The Balaban J connectivity index is 1.63. The highest BCUT2D eigenvalue weighted by Gasteiger charge is 2.12. The molecule has 4 rings (SSSR count). The second-order valence-corrected chi connectivity index (χ2v) is 5.65. The maximum Gasteiger partial charge on any atom is 0.247 e. The average Bonchev–Trinajstić information content (AvgIpc) is 3.12. The molecule has 1 aromatic carbocycles. The summed E-state index contributed by atoms with van der Waals surface area (Å²) in [6, 6.07) is 11.3. The lowest BCUT2D eigenvalue weighted by Gasteiger charge is -2.04. The Labute approximate surface area is 155 Å². The summed E-state index contributed by atoms with van der Waals surface area (Å²) in [7, 11) is 1.58. The summed E-state index contributed by atoms with van der Waals surface area (Å²) in [5.41, 5.74) is 3.04. The van der Waals surface area contributed by atoms with Gasteiger partial charge in [-0.05, 0) is 37.3 Å². The largest absolute Gasteiger partial charge is 0.494 e. The molecule has 0 spiro atoms. The first-order valence-corrected chi connectivity index (χ1v) is 8.48. The van der Waals surface area contributed by atoms with Crippen LogP contribution < -0.4 is 14.8 Å². The van der Waals surface area contributed by atoms with Gasteiger partial charge in [0, 0.05) is 35.9 Å². The zero-order valence-electron chi connectivity index (χ0n) is 15.0. The minimum Gasteiger partial charge on any atom is -0.494 e. The number of nitrogens with one attached hydrogen (secondary N) is 1. The van der Waals surface area contributed by atoms with E-state index in [9.17, 15) is 0 Å². The topological polar surface area (TPSA) is 86.5 Å². The van der Waals surface area contributed by atoms with E-state index in [2.05, 4.69) is 25.4 Å². The molecule has 0 amide bonds. The van der Waals surface area contributed by atoms with Gasteiger partial charge in [0.15, 0.2) is 5.65 Å². The molecule has 0 aliphatic rings. The molecule has 0 radical (unpaired) electrons. The summed E-state index contributed by atoms with van der Waals surface area (Å²) >= 11 is 0. The van der Waals surface area contributed by atoms with Gasteiger partial charge in [-0.15, -0.1) is 5.10 Å². The third-order valence-electron chi connectivity index (χ3n) is 3.89. The molecule has 1 N–H and O–H groups in total. The molecular formula is C19H18N6O2. The van der Waals surface area contributed by atoms with Gasteiger partial charge in [-0.25, -0.2) is 9.50 Å². The van der Waals surface area contributed by atoms with Gasteiger partial charge in [-0.2, -0.15) is 4.98 Å². The van der Waals surface area contributed by atoms with Gasteiger partial charge < -0.3 is 14.8 Å². The molecule has 3 aromatic heterocycles. The van der Waals surface area contributed by atoms with E-state index < -0.39 is 0 Å². The van der Waals surface area contributed by atoms with E-state index in [1.54, 1.807) is 36.3 Å². The van der Waals surface area contributed by atoms with Crippen molar-refractivity contribution in [3.63, 3.8) is 0 Å². The van der Waals surface area contributed by atoms with Crippen LogP contribution in [0.1, 0.15) is 6.92 Å². The number of methoxy groups -OCH3 is 1. The normalized spacial score (nSPS) is 10.7. The van der Waals surface area contributed by atoms with Gasteiger partial charge in [0.2, 0.25) is 11.8 Å². The summed E-state index contributed by atoms with van der Waals surface area (Å²) in [5.74, 6) is 1.85. The molecule has 3 heterocycles. The molecule has 0 atom stereocenters. The Morgan fingerprint density at radius 1 is 1.07 bits per heavy atom. The number of pyridine rings is 1. The maximum atomic E-state index is 5.45. The number of rotatable bonds is 6. The lowest BCUT2D eigenvalue weighted by Crippen LogP contribution is -1.95. The van der Waals surface area contributed by atoms with Gasteiger partial charge in [-0.1, -0.05) is 0 Å². The molecule has 27 heavy (non-hydrogen) atoms. The summed E-state index contributed by atoms with van der Waals surface area (Å²) in [5, 5.41) is 7.66. The maximum absolute atomic E-state index is 5.45. The molecule has 8 heteroatoms. The van der Waals surface area contributed by atoms with E-state index in [1.165, 1.54) is 0 Å². The van der Waals surface area contributed by atoms with Crippen molar-refractivity contribution in [2.45, 2.75) is 6.92 Å². The number of anilines is 2. The van der Waals surface area contributed by atoms with Crippen molar-refractivity contribution in [1.29, 1.82) is 0 Å². The predicted molar refractivity (Wildman–Crippen MR) is 101 cm³/mol. The molecule has 0 saturated carbocycles. The van der Waals surface area contributed by atoms with Crippen LogP contribution in [-0.4, -0.2) is 38.3 Å². The van der Waals surface area contributed by atoms with Crippen LogP contribution >= 0.6 is 0 Å². The van der Waals surface area contributed by atoms with Crippen molar-refractivity contribution in [1.82, 2.24) is 24.6 Å². The Kier molecular flexibility index (Phi) is 4.52. The van der Waals surface area contributed by atoms with Gasteiger partial charge >= 0.3 is 0 Å². The molecular weight excluding hydrogens is 344 g/mol. The van der Waals surface area contributed by atoms with Crippen LogP contribution in [0.15, 0.2) is 55.0 Å². The first-order valence-electron chi connectivity index (χ1n) is 8.48. The van der Waals surface area contributed by atoms with Crippen molar-refractivity contribution in [2.75, 3.05) is 19.0 Å². The van der Waals surface area contributed by atoms with Crippen LogP contribution in [0.5, 0.6) is 11.6 Å². The summed E-state index contributed by atoms with van der Waals surface area (Å²) in [6.45, 7) is 2.59. The summed E-state index contributed by atoms with van der Waals surface area (Å²) in [6.07, 6.45) is 5.14. The van der Waals surface area contributed by atoms with Crippen LogP contribution in [0.4, 0.5) is 11.6 Å². The summed E-state index contributed by atoms with van der Waals surface area (Å²) < 4.78 is 12.2. The molecule has 0 aliphatic carbocycles. The Bertz CT molecular complexity index is 1040. The van der Waals surface area contributed by atoms with Crippen LogP contribution in [-0.2, 0) is 0 Å². The standard InChI is InChI=1S/C19H18N6O2/c1-3-27-15-7-5-14(6-8-15)22-19-23-18-17(20-10-11-25(18)24-19)13-4-9-16(26-2)21-12-13/h4-12H,3H2,1-2H3,(H,22,24). The van der Waals surface area contributed by atoms with Crippen LogP contribution in [0, 0.1) is 0 Å². The quantitative estimate of drug-likeness (QED) is 0.563. The molecule has 0 fully saturated rings. The van der Waals surface area contributed by atoms with Gasteiger partial charge in [0.25, 0.3) is 0 Å². The highest BCUT2D eigenvalue weighted by molar-refractivity contribution is 5.74. The van der Waals surface area contributed by atoms with E-state index in [4.69, 9.17) is 9.47 Å². The number of ether oxygens (including phenoxy) is 2. The van der Waals surface area contributed by atoms with Crippen molar-refractivity contribution in [3.8, 4) is 22.9 Å². The number of benzene rings is 1. The fraction of sp³-hybridized carbons (Fsp3) is 0.158. The lowest BCUT2D eigenvalue weighted by atomic mass is 10.2. The monoisotopic (exact) mass is 362 g/mol. The Morgan fingerprint density at radius 2 is 1.93 bits per heavy atom. The minimum atomic E-state index is 0.481. The number of hydrogen-bond acceptors (Lipinski definition) is 7. The second-order valence-electron chi connectivity index (χ2n) is 5.65. The van der Waals surface area contributed by atoms with Crippen molar-refractivity contribution >= 4 is 17.3 Å². The van der Waals surface area contributed by atoms with E-state index in [0.29, 0.717) is 29.8 Å². The SMILES string of the molecule is CCOc1ccc(Nc2nc3c(-c4ccc(OC)nc4)nccn3n2)cc1. The zero-order chi connectivity index (χ0) is 18.6. The van der Waals surface area contributed by atoms with Gasteiger partial charge in [-0.3, -0.25) is 4.98 Å². The third-order valence-corrected chi connectivity index (χ3v) is 3.89. The molecule has 4 aromatic rings. The van der Waals surface area contributed by atoms with E-state index in [1.807, 2.05) is 37.3 Å². The molecule has 8 nitrogen and oxygen atoms in total. The van der Waals surface area contributed by atoms with E-state index >= 15 is 0 Å². The predicted octanol–water partition coefficient (Wildman–Crippen LogP) is 3.34. The molecule has 0 aliphatic heterocycles. The Morgan fingerprint density at radius 3 is 2.63 bits per heavy atom. The minimum absolute atomic E-state index is 0.481. The van der Waals surface area contributed by atoms with E-state index in [0.717, 1.165) is 17.0 Å². The van der Waals surface area contributed by atoms with E-state index in [-0.39, 0.29) is 0 Å². The number of fused-ring (bicyclic) bond motifs is 1. The molecule has 0 bridgehead atoms. The Hall–Kier alpha value is -3.68. The van der Waals surface area contributed by atoms with Crippen molar-refractivity contribution in [3.05, 3.63) is 55.0 Å². The zero-order valence-corrected chi connectivity index (χ0v) is 15.0. The smallest absolute Gasteiger partial charge is 0.247 e. The van der Waals surface area contributed by atoms with Gasteiger partial charge in [0.1, 0.15) is 11.4 Å². The van der Waals surface area contributed by atoms with Crippen LogP contribution in [0.3, 0.4) is 0 Å². The third kappa shape index (κ3) is 3.50. The highest BCUT2D eigenvalue weighted by atomic mass is 16.5. The highest BCUT2D eigenvalue weighted by Crippen LogP contribution is 2.24. The summed E-state index contributed by atoms with van der Waals surface area (Å²) in [4.78, 5) is 13.2. The number of nitrogens with zero attached hydrogens (tertiary/aromatic N) is 5. The molecule has 0 saturated heterocycles. The first-order chi connectivity index (χ1) is 13.3. The fourth-order valence-corrected chi connectivity index (χ4v) is 2.65. The van der Waals surface area contributed by atoms with Crippen LogP contribution in [0.25, 0.3) is 16.9 Å². The van der Waals surface area contributed by atoms with Crippen molar-refractivity contribution < 1.29 is 9.47 Å². The second kappa shape index (κ2) is 7.28. The number of hydrogen-bond donors (Lipinski definition) is 1. The first kappa shape index (κ1) is 16.8. The van der Waals surface area contributed by atoms with Gasteiger partial charge in [0.05, 0.1) is 13.7 Å². The molecule has 0 unspecified atom stereocenters. The number of aromatic nitrogens is 5.